The van der Waals surface area contributed by atoms with E-state index < -0.39 is 30.3 Å². The van der Waals surface area contributed by atoms with Gasteiger partial charge in [0, 0.05) is 55.9 Å². The molecule has 1 aliphatic carbocycles. The number of carboxylic acids is 2. The zero-order valence-corrected chi connectivity index (χ0v) is 34.0. The van der Waals surface area contributed by atoms with Crippen molar-refractivity contribution < 1.29 is 60.5 Å². The number of pyridine rings is 1. The summed E-state index contributed by atoms with van der Waals surface area (Å²) in [6.07, 6.45) is 1.32. The van der Waals surface area contributed by atoms with Gasteiger partial charge in [-0.25, -0.2) is 19.6 Å². The van der Waals surface area contributed by atoms with Gasteiger partial charge in [0.05, 0.1) is 22.3 Å². The van der Waals surface area contributed by atoms with E-state index in [-0.39, 0.29) is 17.9 Å². The molecule has 2 amide bonds. The molecule has 2 aromatic heterocycles. The first-order valence-electron chi connectivity index (χ1n) is 19.6. The monoisotopic (exact) mass is 905 g/mol. The summed E-state index contributed by atoms with van der Waals surface area (Å²) < 4.78 is 69.8. The molecule has 336 valence electrons. The van der Waals surface area contributed by atoms with Crippen LogP contribution in [0, 0.1) is 5.92 Å². The molecule has 63 heavy (non-hydrogen) atoms. The Morgan fingerprint density at radius 1 is 0.841 bits per heavy atom. The van der Waals surface area contributed by atoms with Crippen molar-refractivity contribution in [1.29, 1.82) is 0 Å². The number of piperidine rings is 1. The van der Waals surface area contributed by atoms with Crippen molar-refractivity contribution in [1.82, 2.24) is 25.2 Å². The molecule has 7 rings (SSSR count). The van der Waals surface area contributed by atoms with Crippen LogP contribution >= 0.6 is 11.6 Å². The number of alkyl halides is 6. The summed E-state index contributed by atoms with van der Waals surface area (Å²) in [5.74, 6) is -3.41. The van der Waals surface area contributed by atoms with Gasteiger partial charge in [0.25, 0.3) is 0 Å². The predicted molar refractivity (Wildman–Crippen MR) is 218 cm³/mol. The molecule has 14 nitrogen and oxygen atoms in total. The number of carboxylic acid groups (broad SMARTS) is 2. The van der Waals surface area contributed by atoms with E-state index in [9.17, 15) is 35.9 Å². The van der Waals surface area contributed by atoms with Crippen LogP contribution in [0.5, 0.6) is 5.75 Å². The molecule has 4 aromatic rings. The number of carbonyl (C=O) groups is 4. The third kappa shape index (κ3) is 13.8. The standard InChI is InChI=1S/C38H40ClN7O3.2C2HF3O2/c39-31-23-28(13-14-33(31)49-29-16-20-46(21-17-29)38(48)26-10-4-5-11-26)44-36-30-22-27(15-19-41-35(30)42-24-43-36)37(47)45-34(25-8-2-1-3-9-25)32-12-6-7-18-40-32;2*3-2(4,5)1(6)7/h1-3,6-9,12-14,18,22-24,26,29,34H,4-5,10-11,15-17,19-21H2,(H,45,47)(H2,41,42,43,44);2*(H,6,7). The molecule has 1 saturated carbocycles. The molecule has 0 bridgehead atoms. The smallest absolute Gasteiger partial charge is 0.489 e. The molecule has 1 unspecified atom stereocenters. The number of aromatic nitrogens is 3. The number of hydrogen-bond acceptors (Lipinski definition) is 10. The van der Waals surface area contributed by atoms with Gasteiger partial charge in [0.15, 0.2) is 0 Å². The Morgan fingerprint density at radius 3 is 2.06 bits per heavy atom. The fourth-order valence-corrected chi connectivity index (χ4v) is 7.10. The zero-order chi connectivity index (χ0) is 45.7. The molecule has 2 fully saturated rings. The number of hydrogen-bond donors (Lipinski definition) is 5. The van der Waals surface area contributed by atoms with Crippen LogP contribution < -0.4 is 20.7 Å². The molecule has 0 radical (unpaired) electrons. The zero-order valence-electron chi connectivity index (χ0n) is 33.3. The topological polar surface area (TPSA) is 196 Å². The normalized spacial score (nSPS) is 15.9. The number of benzene rings is 2. The Balaban J connectivity index is 0.000000463. The minimum absolute atomic E-state index is 0.00140. The number of amides is 2. The average Bonchev–Trinajstić information content (AvgIpc) is 3.71. The maximum atomic E-state index is 13.8. The van der Waals surface area contributed by atoms with Gasteiger partial charge >= 0.3 is 24.3 Å². The number of ether oxygens (including phenoxy) is 1. The van der Waals surface area contributed by atoms with Crippen LogP contribution in [0.1, 0.15) is 67.8 Å². The van der Waals surface area contributed by atoms with Crippen LogP contribution in [0.4, 0.5) is 43.7 Å². The molecule has 2 aromatic carbocycles. The maximum absolute atomic E-state index is 13.8. The lowest BCUT2D eigenvalue weighted by molar-refractivity contribution is -0.193. The van der Waals surface area contributed by atoms with Crippen molar-refractivity contribution in [2.75, 3.05) is 30.3 Å². The van der Waals surface area contributed by atoms with Gasteiger partial charge < -0.3 is 35.8 Å². The lowest BCUT2D eigenvalue weighted by atomic mass is 10.0. The predicted octanol–water partition coefficient (Wildman–Crippen LogP) is 8.20. The SMILES string of the molecule is O=C(NC(c1ccccc1)c1ccccn1)C1=Cc2c(ncnc2Nc2ccc(OC3CCN(C(=O)C4CCCC4)CC3)c(Cl)c2)NCC1.O=C(O)C(F)(F)F.O=C(O)C(F)(F)F. The number of nitrogens with one attached hydrogen (secondary N) is 3. The van der Waals surface area contributed by atoms with E-state index in [0.717, 1.165) is 55.5 Å². The second-order valence-corrected chi connectivity index (χ2v) is 14.8. The van der Waals surface area contributed by atoms with Crippen molar-refractivity contribution >= 4 is 58.8 Å². The first-order valence-corrected chi connectivity index (χ1v) is 20.0. The molecule has 1 atom stereocenters. The van der Waals surface area contributed by atoms with Crippen molar-refractivity contribution in [3.8, 4) is 5.75 Å². The highest BCUT2D eigenvalue weighted by molar-refractivity contribution is 6.32. The minimum atomic E-state index is -5.08. The molecule has 5 N–H and O–H groups in total. The highest BCUT2D eigenvalue weighted by Gasteiger charge is 2.39. The van der Waals surface area contributed by atoms with Crippen molar-refractivity contribution in [2.45, 2.75) is 69.4 Å². The van der Waals surface area contributed by atoms with Gasteiger partial charge in [-0.05, 0) is 61.2 Å². The van der Waals surface area contributed by atoms with E-state index in [4.69, 9.17) is 36.1 Å². The molecule has 3 aliphatic rings. The third-order valence-electron chi connectivity index (χ3n) is 10.0. The lowest BCUT2D eigenvalue weighted by Gasteiger charge is -2.33. The third-order valence-corrected chi connectivity index (χ3v) is 10.3. The first-order chi connectivity index (χ1) is 29.9. The fourth-order valence-electron chi connectivity index (χ4n) is 6.87. The number of fused-ring (bicyclic) bond motifs is 1. The van der Waals surface area contributed by atoms with Crippen LogP contribution in [0.15, 0.2) is 84.8 Å². The lowest BCUT2D eigenvalue weighted by Crippen LogP contribution is -2.44. The quantitative estimate of drug-likeness (QED) is 0.101. The largest absolute Gasteiger partial charge is 0.490 e. The molecule has 0 spiro atoms. The molecular formula is C42H42ClF6N7O7. The second-order valence-electron chi connectivity index (χ2n) is 14.4. The summed E-state index contributed by atoms with van der Waals surface area (Å²) in [7, 11) is 0. The molecule has 1 saturated heterocycles. The van der Waals surface area contributed by atoms with E-state index in [1.807, 2.05) is 77.7 Å². The Kier molecular flexibility index (Phi) is 16.3. The van der Waals surface area contributed by atoms with Gasteiger partial charge in [-0.3, -0.25) is 14.6 Å². The Labute approximate surface area is 361 Å². The number of anilines is 3. The minimum Gasteiger partial charge on any atom is -0.489 e. The summed E-state index contributed by atoms with van der Waals surface area (Å²) in [6, 6.07) is 20.7. The molecule has 21 heteroatoms. The number of aliphatic carboxylic acids is 2. The fraction of sp³-hybridized carbons (Fsp3) is 0.357. The Hall–Kier alpha value is -6.44. The number of likely N-dealkylation sites (tertiary alicyclic amines) is 1. The number of rotatable bonds is 9. The summed E-state index contributed by atoms with van der Waals surface area (Å²) in [4.78, 5) is 59.9. The number of carbonyl (C=O) groups excluding carboxylic acids is 2. The summed E-state index contributed by atoms with van der Waals surface area (Å²) in [5, 5.41) is 24.6. The maximum Gasteiger partial charge on any atom is 0.490 e. The highest BCUT2D eigenvalue weighted by atomic mass is 35.5. The van der Waals surface area contributed by atoms with Crippen LogP contribution in [-0.4, -0.2) is 91.9 Å². The highest BCUT2D eigenvalue weighted by Crippen LogP contribution is 2.35. The van der Waals surface area contributed by atoms with E-state index in [1.54, 1.807) is 6.20 Å². The van der Waals surface area contributed by atoms with E-state index in [0.29, 0.717) is 65.5 Å². The molecule has 2 aliphatic heterocycles. The molecular weight excluding hydrogens is 864 g/mol. The van der Waals surface area contributed by atoms with Gasteiger partial charge in [0.1, 0.15) is 29.8 Å². The Morgan fingerprint density at radius 2 is 1.48 bits per heavy atom. The number of halogens is 7. The average molecular weight is 906 g/mol. The van der Waals surface area contributed by atoms with Gasteiger partial charge in [-0.2, -0.15) is 26.3 Å². The first kappa shape index (κ1) is 47.6. The van der Waals surface area contributed by atoms with Gasteiger partial charge in [-0.1, -0.05) is 60.8 Å². The summed E-state index contributed by atoms with van der Waals surface area (Å²) >= 11 is 6.72. The summed E-state index contributed by atoms with van der Waals surface area (Å²) in [5.41, 5.74) is 3.69. The van der Waals surface area contributed by atoms with E-state index >= 15 is 0 Å². The second kappa shape index (κ2) is 21.6. The van der Waals surface area contributed by atoms with Crippen molar-refractivity contribution in [3.63, 3.8) is 0 Å². The molecule has 4 heterocycles. The summed E-state index contributed by atoms with van der Waals surface area (Å²) in [6.45, 7) is 1.97. The van der Waals surface area contributed by atoms with Crippen LogP contribution in [-0.2, 0) is 19.2 Å². The van der Waals surface area contributed by atoms with Crippen LogP contribution in [0.2, 0.25) is 5.02 Å². The van der Waals surface area contributed by atoms with Gasteiger partial charge in [-0.15, -0.1) is 0 Å². The van der Waals surface area contributed by atoms with Crippen LogP contribution in [0.25, 0.3) is 6.08 Å². The van der Waals surface area contributed by atoms with Crippen molar-refractivity contribution in [3.05, 3.63) is 107 Å². The van der Waals surface area contributed by atoms with Gasteiger partial charge in [0.2, 0.25) is 11.8 Å². The van der Waals surface area contributed by atoms with E-state index in [1.165, 1.54) is 6.33 Å². The number of nitrogens with zero attached hydrogens (tertiary/aromatic N) is 4. The Bertz CT molecular complexity index is 2170. The van der Waals surface area contributed by atoms with E-state index in [2.05, 4.69) is 30.9 Å². The van der Waals surface area contributed by atoms with Crippen LogP contribution in [0.3, 0.4) is 0 Å². The van der Waals surface area contributed by atoms with Crippen molar-refractivity contribution in [2.24, 2.45) is 5.92 Å².